The minimum Gasteiger partial charge on any atom is -0.481 e. The Balaban J connectivity index is 2.64. The summed E-state index contributed by atoms with van der Waals surface area (Å²) in [5.41, 5.74) is 7.41. The third-order valence-electron chi connectivity index (χ3n) is 2.68. The van der Waals surface area contributed by atoms with E-state index in [1.165, 1.54) is 7.11 Å². The van der Waals surface area contributed by atoms with E-state index in [1.807, 2.05) is 13.0 Å². The summed E-state index contributed by atoms with van der Waals surface area (Å²) in [6.07, 6.45) is -0.729. The minimum atomic E-state index is -0.976. The average molecular weight is 266 g/mol. The highest BCUT2D eigenvalue weighted by Crippen LogP contribution is 2.13. The standard InChI is InChI=1S/C13H18N2O4/c1-8-3-4-11(14)10(5-8)13(18)15-7-9(19-2)6-12(16)17/h3-5,9H,6-7,14H2,1-2H3,(H,15,18)(H,16,17). The van der Waals surface area contributed by atoms with Crippen molar-refractivity contribution in [3.8, 4) is 0 Å². The number of aliphatic carboxylic acids is 1. The molecule has 1 atom stereocenters. The SMILES string of the molecule is COC(CNC(=O)c1cc(C)ccc1N)CC(=O)O. The molecule has 0 aromatic heterocycles. The van der Waals surface area contributed by atoms with Crippen LogP contribution in [0.15, 0.2) is 18.2 Å². The molecule has 0 saturated heterocycles. The molecule has 1 aromatic carbocycles. The lowest BCUT2D eigenvalue weighted by molar-refractivity contribution is -0.139. The van der Waals surface area contributed by atoms with Crippen molar-refractivity contribution in [2.45, 2.75) is 19.4 Å². The Labute approximate surface area is 111 Å². The number of carboxylic acid groups (broad SMARTS) is 1. The van der Waals surface area contributed by atoms with Crippen LogP contribution in [0, 0.1) is 6.92 Å². The Hall–Kier alpha value is -2.08. The van der Waals surface area contributed by atoms with Crippen LogP contribution in [0.4, 0.5) is 5.69 Å². The predicted molar refractivity (Wildman–Crippen MR) is 71.0 cm³/mol. The van der Waals surface area contributed by atoms with Crippen LogP contribution in [-0.2, 0) is 9.53 Å². The monoisotopic (exact) mass is 266 g/mol. The van der Waals surface area contributed by atoms with E-state index in [4.69, 9.17) is 15.6 Å². The Morgan fingerprint density at radius 2 is 2.16 bits per heavy atom. The van der Waals surface area contributed by atoms with E-state index >= 15 is 0 Å². The lowest BCUT2D eigenvalue weighted by Gasteiger charge is -2.14. The molecule has 0 aliphatic heterocycles. The first kappa shape index (κ1) is 15.0. The highest BCUT2D eigenvalue weighted by atomic mass is 16.5. The first-order chi connectivity index (χ1) is 8.93. The van der Waals surface area contributed by atoms with Crippen LogP contribution in [0.1, 0.15) is 22.3 Å². The van der Waals surface area contributed by atoms with Gasteiger partial charge in [-0.25, -0.2) is 0 Å². The van der Waals surface area contributed by atoms with Crippen LogP contribution in [0.5, 0.6) is 0 Å². The molecule has 0 aliphatic rings. The van der Waals surface area contributed by atoms with Crippen LogP contribution < -0.4 is 11.1 Å². The summed E-state index contributed by atoms with van der Waals surface area (Å²) in [5.74, 6) is -1.31. The second-order valence-electron chi connectivity index (χ2n) is 4.26. The van der Waals surface area contributed by atoms with Crippen molar-refractivity contribution >= 4 is 17.6 Å². The number of methoxy groups -OCH3 is 1. The van der Waals surface area contributed by atoms with Crippen LogP contribution in [0.2, 0.25) is 0 Å². The number of carboxylic acids is 1. The van der Waals surface area contributed by atoms with Gasteiger partial charge in [-0.15, -0.1) is 0 Å². The highest BCUT2D eigenvalue weighted by molar-refractivity contribution is 5.99. The van der Waals surface area contributed by atoms with E-state index in [0.29, 0.717) is 11.3 Å². The number of nitrogen functional groups attached to an aromatic ring is 1. The highest BCUT2D eigenvalue weighted by Gasteiger charge is 2.15. The lowest BCUT2D eigenvalue weighted by atomic mass is 10.1. The van der Waals surface area contributed by atoms with Gasteiger partial charge >= 0.3 is 5.97 Å². The molecule has 6 heteroatoms. The molecule has 104 valence electrons. The zero-order chi connectivity index (χ0) is 14.4. The zero-order valence-corrected chi connectivity index (χ0v) is 11.0. The van der Waals surface area contributed by atoms with Gasteiger partial charge in [-0.1, -0.05) is 11.6 Å². The van der Waals surface area contributed by atoms with E-state index in [2.05, 4.69) is 5.32 Å². The number of nitrogens with two attached hydrogens (primary N) is 1. The molecule has 0 fully saturated rings. The Morgan fingerprint density at radius 3 is 2.74 bits per heavy atom. The van der Waals surface area contributed by atoms with Gasteiger partial charge < -0.3 is 20.9 Å². The van der Waals surface area contributed by atoms with Crippen LogP contribution >= 0.6 is 0 Å². The van der Waals surface area contributed by atoms with Crippen molar-refractivity contribution in [1.29, 1.82) is 0 Å². The van der Waals surface area contributed by atoms with E-state index in [1.54, 1.807) is 12.1 Å². The fourth-order valence-electron chi connectivity index (χ4n) is 1.60. The molecule has 1 aromatic rings. The van der Waals surface area contributed by atoms with Gasteiger partial charge in [-0.2, -0.15) is 0 Å². The number of nitrogens with one attached hydrogen (secondary N) is 1. The van der Waals surface area contributed by atoms with Crippen LogP contribution in [0.25, 0.3) is 0 Å². The maximum absolute atomic E-state index is 11.9. The fourth-order valence-corrected chi connectivity index (χ4v) is 1.60. The summed E-state index contributed by atoms with van der Waals surface area (Å²) in [5, 5.41) is 11.3. The molecule has 0 aliphatic carbocycles. The van der Waals surface area contributed by atoms with Crippen molar-refractivity contribution in [2.75, 3.05) is 19.4 Å². The Kier molecular flexibility index (Phi) is 5.32. The molecule has 19 heavy (non-hydrogen) atoms. The number of amides is 1. The van der Waals surface area contributed by atoms with Gasteiger partial charge in [0.15, 0.2) is 0 Å². The van der Waals surface area contributed by atoms with Gasteiger partial charge in [-0.3, -0.25) is 9.59 Å². The normalized spacial score (nSPS) is 11.9. The maximum Gasteiger partial charge on any atom is 0.306 e. The third kappa shape index (κ3) is 4.59. The number of anilines is 1. The smallest absolute Gasteiger partial charge is 0.306 e. The summed E-state index contributed by atoms with van der Waals surface area (Å²) in [7, 11) is 1.40. The number of rotatable bonds is 6. The van der Waals surface area contributed by atoms with Crippen molar-refractivity contribution in [1.82, 2.24) is 5.32 Å². The van der Waals surface area contributed by atoms with Gasteiger partial charge in [0.1, 0.15) is 0 Å². The number of benzene rings is 1. The van der Waals surface area contributed by atoms with Gasteiger partial charge in [0, 0.05) is 19.3 Å². The van der Waals surface area contributed by atoms with E-state index in [9.17, 15) is 9.59 Å². The summed E-state index contributed by atoms with van der Waals surface area (Å²) in [4.78, 5) is 22.5. The number of hydrogen-bond donors (Lipinski definition) is 3. The minimum absolute atomic E-state index is 0.120. The summed E-state index contributed by atoms with van der Waals surface area (Å²) in [6, 6.07) is 5.16. The zero-order valence-electron chi connectivity index (χ0n) is 11.0. The van der Waals surface area contributed by atoms with Crippen molar-refractivity contribution in [2.24, 2.45) is 0 Å². The summed E-state index contributed by atoms with van der Waals surface area (Å²) >= 11 is 0. The second kappa shape index (κ2) is 6.75. The number of ether oxygens (including phenoxy) is 1. The molecule has 0 saturated carbocycles. The molecular formula is C13H18N2O4. The lowest BCUT2D eigenvalue weighted by Crippen LogP contribution is -2.34. The van der Waals surface area contributed by atoms with Crippen molar-refractivity contribution in [3.05, 3.63) is 29.3 Å². The number of carbonyl (C=O) groups is 2. The molecule has 0 bridgehead atoms. The maximum atomic E-state index is 11.9. The molecule has 1 unspecified atom stereocenters. The first-order valence-electron chi connectivity index (χ1n) is 5.83. The van der Waals surface area contributed by atoms with E-state index in [-0.39, 0.29) is 18.9 Å². The van der Waals surface area contributed by atoms with Gasteiger partial charge in [-0.05, 0) is 19.1 Å². The Bertz CT molecular complexity index is 474. The fraction of sp³-hybridized carbons (Fsp3) is 0.385. The average Bonchev–Trinajstić information content (AvgIpc) is 2.36. The van der Waals surface area contributed by atoms with Gasteiger partial charge in [0.25, 0.3) is 5.91 Å². The summed E-state index contributed by atoms with van der Waals surface area (Å²) in [6.45, 7) is 1.98. The molecule has 0 heterocycles. The number of carbonyl (C=O) groups excluding carboxylic acids is 1. The predicted octanol–water partition coefficient (Wildman–Crippen LogP) is 0.797. The van der Waals surface area contributed by atoms with E-state index < -0.39 is 12.1 Å². The molecular weight excluding hydrogens is 248 g/mol. The molecule has 1 rings (SSSR count). The number of aryl methyl sites for hydroxylation is 1. The molecule has 0 radical (unpaired) electrons. The van der Waals surface area contributed by atoms with Crippen molar-refractivity contribution < 1.29 is 19.4 Å². The van der Waals surface area contributed by atoms with E-state index in [0.717, 1.165) is 5.56 Å². The number of hydrogen-bond acceptors (Lipinski definition) is 4. The third-order valence-corrected chi connectivity index (χ3v) is 2.68. The Morgan fingerprint density at radius 1 is 1.47 bits per heavy atom. The second-order valence-corrected chi connectivity index (χ2v) is 4.26. The molecule has 6 nitrogen and oxygen atoms in total. The first-order valence-corrected chi connectivity index (χ1v) is 5.83. The topological polar surface area (TPSA) is 102 Å². The van der Waals surface area contributed by atoms with Crippen LogP contribution in [-0.4, -0.2) is 36.7 Å². The van der Waals surface area contributed by atoms with Gasteiger partial charge in [0.2, 0.25) is 0 Å². The quantitative estimate of drug-likeness (QED) is 0.661. The largest absolute Gasteiger partial charge is 0.481 e. The molecule has 0 spiro atoms. The van der Waals surface area contributed by atoms with Crippen LogP contribution in [0.3, 0.4) is 0 Å². The summed E-state index contributed by atoms with van der Waals surface area (Å²) < 4.78 is 4.97. The molecule has 4 N–H and O–H groups in total. The van der Waals surface area contributed by atoms with Crippen molar-refractivity contribution in [3.63, 3.8) is 0 Å². The van der Waals surface area contributed by atoms with Gasteiger partial charge in [0.05, 0.1) is 18.1 Å². The molecule has 1 amide bonds.